The Hall–Kier alpha value is -3.85. The van der Waals surface area contributed by atoms with E-state index >= 15 is 0 Å². The maximum Gasteiger partial charge on any atom is 0.344 e. The highest BCUT2D eigenvalue weighted by atomic mass is 16.5. The molecule has 6 nitrogen and oxygen atoms in total. The van der Waals surface area contributed by atoms with Crippen molar-refractivity contribution in [2.45, 2.75) is 0 Å². The van der Waals surface area contributed by atoms with E-state index in [9.17, 15) is 9.59 Å². The molecule has 2 heterocycles. The van der Waals surface area contributed by atoms with Crippen molar-refractivity contribution in [2.24, 2.45) is 0 Å². The van der Waals surface area contributed by atoms with Gasteiger partial charge in [0, 0.05) is 28.5 Å². The van der Waals surface area contributed by atoms with Crippen molar-refractivity contribution >= 4 is 21.9 Å². The first-order valence-electron chi connectivity index (χ1n) is 7.76. The molecule has 0 aliphatic heterocycles. The summed E-state index contributed by atoms with van der Waals surface area (Å²) in [7, 11) is 0. The lowest BCUT2D eigenvalue weighted by atomic mass is 10.0. The normalized spacial score (nSPS) is 10.7. The fraction of sp³-hybridized carbons (Fsp3) is 0.0500. The quantitative estimate of drug-likeness (QED) is 0.528. The largest absolute Gasteiger partial charge is 0.479 e. The highest BCUT2D eigenvalue weighted by molar-refractivity contribution is 5.95. The van der Waals surface area contributed by atoms with E-state index < -0.39 is 11.3 Å². The number of hydrogen-bond donors (Lipinski definition) is 0. The molecule has 0 atom stereocenters. The summed E-state index contributed by atoms with van der Waals surface area (Å²) in [6, 6.07) is 16.8. The Labute approximate surface area is 146 Å². The van der Waals surface area contributed by atoms with Crippen molar-refractivity contribution in [3.8, 4) is 22.9 Å². The van der Waals surface area contributed by atoms with Crippen LogP contribution < -0.4 is 16.0 Å². The second kappa shape index (κ2) is 6.22. The van der Waals surface area contributed by atoms with Crippen LogP contribution in [0.4, 0.5) is 0 Å². The van der Waals surface area contributed by atoms with Crippen molar-refractivity contribution in [1.82, 2.24) is 0 Å². The molecule has 0 amide bonds. The molecule has 0 aliphatic rings. The van der Waals surface area contributed by atoms with Crippen LogP contribution in [-0.2, 0) is 0 Å². The van der Waals surface area contributed by atoms with Gasteiger partial charge in [-0.25, -0.2) is 9.59 Å². The second-order valence-corrected chi connectivity index (χ2v) is 5.57. The summed E-state index contributed by atoms with van der Waals surface area (Å²) in [5.41, 5.74) is 0.281. The number of nitrogens with zero attached hydrogens (tertiary/aromatic N) is 1. The highest BCUT2D eigenvalue weighted by Gasteiger charge is 2.14. The summed E-state index contributed by atoms with van der Waals surface area (Å²) >= 11 is 0. The number of ether oxygens (including phenoxy) is 1. The first kappa shape index (κ1) is 15.7. The van der Waals surface area contributed by atoms with Crippen molar-refractivity contribution in [1.29, 1.82) is 5.26 Å². The Balaban J connectivity index is 1.97. The van der Waals surface area contributed by atoms with Gasteiger partial charge in [0.15, 0.2) is 6.61 Å². The minimum atomic E-state index is -0.600. The molecule has 2 aromatic carbocycles. The summed E-state index contributed by atoms with van der Waals surface area (Å²) in [6.45, 7) is -0.121. The molecule has 26 heavy (non-hydrogen) atoms. The van der Waals surface area contributed by atoms with Crippen LogP contribution in [0.25, 0.3) is 33.1 Å². The van der Waals surface area contributed by atoms with E-state index in [1.54, 1.807) is 30.3 Å². The Bertz CT molecular complexity index is 1290. The average molecular weight is 345 g/mol. The van der Waals surface area contributed by atoms with Gasteiger partial charge in [-0.05, 0) is 24.3 Å². The van der Waals surface area contributed by atoms with Crippen molar-refractivity contribution in [3.63, 3.8) is 0 Å². The van der Waals surface area contributed by atoms with Gasteiger partial charge in [-0.3, -0.25) is 0 Å². The number of rotatable bonds is 3. The minimum absolute atomic E-state index is 0.121. The minimum Gasteiger partial charge on any atom is -0.479 e. The molecule has 0 saturated carbocycles. The number of para-hydroxylation sites is 1. The zero-order valence-electron chi connectivity index (χ0n) is 13.4. The van der Waals surface area contributed by atoms with Gasteiger partial charge in [0.2, 0.25) is 0 Å². The van der Waals surface area contributed by atoms with Gasteiger partial charge >= 0.3 is 11.3 Å². The first-order chi connectivity index (χ1) is 12.7. The average Bonchev–Trinajstić information content (AvgIpc) is 2.64. The molecular formula is C20H11NO5. The number of benzene rings is 2. The maximum atomic E-state index is 12.4. The van der Waals surface area contributed by atoms with E-state index in [1.165, 1.54) is 12.1 Å². The van der Waals surface area contributed by atoms with Crippen LogP contribution in [0.15, 0.2) is 73.0 Å². The predicted molar refractivity (Wildman–Crippen MR) is 95.1 cm³/mol. The summed E-state index contributed by atoms with van der Waals surface area (Å²) in [5, 5.41) is 9.92. The molecule has 0 fully saturated rings. The molecule has 0 radical (unpaired) electrons. The third kappa shape index (κ3) is 2.72. The number of fused-ring (bicyclic) bond motifs is 2. The molecule has 126 valence electrons. The van der Waals surface area contributed by atoms with Gasteiger partial charge in [-0.1, -0.05) is 18.2 Å². The number of hydrogen-bond acceptors (Lipinski definition) is 6. The standard InChI is InChI=1S/C20H11NO5/c21-7-8-24-13-5-6-14-15(11-19(22)25-18(14)10-13)16-9-12-3-1-2-4-17(12)26-20(16)23/h1-6,9-11H,8H2. The monoisotopic (exact) mass is 345 g/mol. The summed E-state index contributed by atoms with van der Waals surface area (Å²) in [4.78, 5) is 24.4. The zero-order valence-corrected chi connectivity index (χ0v) is 13.4. The van der Waals surface area contributed by atoms with Gasteiger partial charge in [0.25, 0.3) is 0 Å². The van der Waals surface area contributed by atoms with Gasteiger partial charge in [-0.15, -0.1) is 0 Å². The van der Waals surface area contributed by atoms with E-state index in [0.29, 0.717) is 22.3 Å². The van der Waals surface area contributed by atoms with Crippen LogP contribution >= 0.6 is 0 Å². The molecule has 0 aliphatic carbocycles. The highest BCUT2D eigenvalue weighted by Crippen LogP contribution is 2.29. The number of nitriles is 1. The van der Waals surface area contributed by atoms with Crippen LogP contribution in [-0.4, -0.2) is 6.61 Å². The van der Waals surface area contributed by atoms with E-state index in [1.807, 2.05) is 18.2 Å². The van der Waals surface area contributed by atoms with E-state index in [2.05, 4.69) is 0 Å². The van der Waals surface area contributed by atoms with Gasteiger partial charge in [0.1, 0.15) is 23.0 Å². The van der Waals surface area contributed by atoms with Crippen molar-refractivity contribution in [2.75, 3.05) is 6.61 Å². The summed E-state index contributed by atoms with van der Waals surface area (Å²) in [5.74, 6) is 0.393. The van der Waals surface area contributed by atoms with Crippen LogP contribution in [0.1, 0.15) is 0 Å². The molecule has 2 aromatic heterocycles. The van der Waals surface area contributed by atoms with Crippen molar-refractivity contribution < 1.29 is 13.6 Å². The molecule has 0 unspecified atom stereocenters. The lowest BCUT2D eigenvalue weighted by Gasteiger charge is -2.07. The predicted octanol–water partition coefficient (Wildman–Crippen LogP) is 3.47. The van der Waals surface area contributed by atoms with Crippen LogP contribution in [0.5, 0.6) is 5.75 Å². The van der Waals surface area contributed by atoms with Crippen LogP contribution in [0.3, 0.4) is 0 Å². The molecule has 0 spiro atoms. The molecule has 0 bridgehead atoms. The maximum absolute atomic E-state index is 12.4. The Morgan fingerprint density at radius 1 is 0.923 bits per heavy atom. The molecular weight excluding hydrogens is 334 g/mol. The third-order valence-electron chi connectivity index (χ3n) is 3.95. The molecule has 4 rings (SSSR count). The van der Waals surface area contributed by atoms with Crippen LogP contribution in [0.2, 0.25) is 0 Å². The molecule has 0 N–H and O–H groups in total. The third-order valence-corrected chi connectivity index (χ3v) is 3.95. The molecule has 6 heteroatoms. The second-order valence-electron chi connectivity index (χ2n) is 5.57. The Morgan fingerprint density at radius 3 is 2.62 bits per heavy atom. The topological polar surface area (TPSA) is 93.4 Å². The Morgan fingerprint density at radius 2 is 1.77 bits per heavy atom. The zero-order chi connectivity index (χ0) is 18.1. The van der Waals surface area contributed by atoms with Gasteiger partial charge in [0.05, 0.1) is 5.56 Å². The molecule has 0 saturated heterocycles. The lowest BCUT2D eigenvalue weighted by molar-refractivity contribution is 0.368. The van der Waals surface area contributed by atoms with E-state index in [-0.39, 0.29) is 17.8 Å². The fourth-order valence-electron chi connectivity index (χ4n) is 2.82. The van der Waals surface area contributed by atoms with Gasteiger partial charge < -0.3 is 13.6 Å². The summed E-state index contributed by atoms with van der Waals surface area (Å²) < 4.78 is 15.8. The van der Waals surface area contributed by atoms with Crippen LogP contribution in [0, 0.1) is 11.3 Å². The van der Waals surface area contributed by atoms with E-state index in [4.69, 9.17) is 18.8 Å². The first-order valence-corrected chi connectivity index (χ1v) is 7.76. The van der Waals surface area contributed by atoms with E-state index in [0.717, 1.165) is 5.39 Å². The Kier molecular flexibility index (Phi) is 3.75. The fourth-order valence-corrected chi connectivity index (χ4v) is 2.82. The van der Waals surface area contributed by atoms with Crippen molar-refractivity contribution in [3.05, 3.63) is 75.4 Å². The summed E-state index contributed by atoms with van der Waals surface area (Å²) in [6.07, 6.45) is 0. The smallest absolute Gasteiger partial charge is 0.344 e. The van der Waals surface area contributed by atoms with Gasteiger partial charge in [-0.2, -0.15) is 5.26 Å². The lowest BCUT2D eigenvalue weighted by Crippen LogP contribution is -2.06. The SMILES string of the molecule is N#CCOc1ccc2c(-c3cc4ccccc4oc3=O)cc(=O)oc2c1. The molecule has 4 aromatic rings.